The summed E-state index contributed by atoms with van der Waals surface area (Å²) < 4.78 is 19.8. The van der Waals surface area contributed by atoms with Gasteiger partial charge in [-0.25, -0.2) is 14.2 Å². The molecule has 29 heavy (non-hydrogen) atoms. The molecule has 2 aromatic rings. The van der Waals surface area contributed by atoms with E-state index in [0.29, 0.717) is 36.6 Å². The zero-order valence-electron chi connectivity index (χ0n) is 15.9. The maximum absolute atomic E-state index is 14.6. The fraction of sp³-hybridized carbons (Fsp3) is 0.286. The highest BCUT2D eigenvalue weighted by molar-refractivity contribution is 6.20. The van der Waals surface area contributed by atoms with Crippen LogP contribution in [0.1, 0.15) is 17.5 Å². The minimum absolute atomic E-state index is 0.110. The molecule has 0 radical (unpaired) electrons. The molecule has 7 nitrogen and oxygen atoms in total. The van der Waals surface area contributed by atoms with Crippen LogP contribution in [0, 0.1) is 5.82 Å². The van der Waals surface area contributed by atoms with Crippen molar-refractivity contribution in [3.05, 3.63) is 65.5 Å². The number of carbonyl (C=O) groups is 2. The topological polar surface area (TPSA) is 83.0 Å². The summed E-state index contributed by atoms with van der Waals surface area (Å²) in [5, 5.41) is 5.39. The van der Waals surface area contributed by atoms with E-state index in [0.717, 1.165) is 0 Å². The summed E-state index contributed by atoms with van der Waals surface area (Å²) in [5.74, 6) is -0.869. The lowest BCUT2D eigenvalue weighted by atomic mass is 10.00. The van der Waals surface area contributed by atoms with E-state index in [2.05, 4.69) is 15.6 Å². The minimum atomic E-state index is -1.19. The normalized spacial score (nSPS) is 21.2. The summed E-state index contributed by atoms with van der Waals surface area (Å²) in [7, 11) is 1.61. The molecule has 2 heterocycles. The highest BCUT2D eigenvalue weighted by Crippen LogP contribution is 2.27. The number of para-hydroxylation sites is 1. The predicted molar refractivity (Wildman–Crippen MR) is 107 cm³/mol. The van der Waals surface area contributed by atoms with Crippen LogP contribution < -0.4 is 15.5 Å². The Morgan fingerprint density at radius 3 is 2.59 bits per heavy atom. The summed E-state index contributed by atoms with van der Waals surface area (Å²) in [6, 6.07) is 12.7. The first-order valence-electron chi connectivity index (χ1n) is 9.39. The molecule has 0 spiro atoms. The van der Waals surface area contributed by atoms with Crippen molar-refractivity contribution in [3.8, 4) is 0 Å². The van der Waals surface area contributed by atoms with Crippen molar-refractivity contribution in [2.45, 2.75) is 18.6 Å². The second-order valence-electron chi connectivity index (χ2n) is 6.95. The fourth-order valence-electron chi connectivity index (χ4n) is 3.48. The molecule has 2 atom stereocenters. The number of likely N-dealkylation sites (N-methyl/N-ethyl adjacent to an activating group) is 1. The van der Waals surface area contributed by atoms with E-state index in [4.69, 9.17) is 4.74 Å². The van der Waals surface area contributed by atoms with Crippen molar-refractivity contribution in [2.75, 3.05) is 25.2 Å². The van der Waals surface area contributed by atoms with Gasteiger partial charge in [-0.1, -0.05) is 30.3 Å². The Balaban J connectivity index is 1.72. The average molecular weight is 396 g/mol. The number of ether oxygens (including phenoxy) is 1. The van der Waals surface area contributed by atoms with Gasteiger partial charge in [0, 0.05) is 24.8 Å². The van der Waals surface area contributed by atoms with E-state index in [1.54, 1.807) is 49.5 Å². The van der Waals surface area contributed by atoms with Gasteiger partial charge in [0.15, 0.2) is 0 Å². The monoisotopic (exact) mass is 396 g/mol. The number of nitrogens with zero attached hydrogens (tertiary/aromatic N) is 2. The molecule has 4 rings (SSSR count). The van der Waals surface area contributed by atoms with E-state index >= 15 is 0 Å². The number of carbonyl (C=O) groups excluding carboxylic acids is 2. The lowest BCUT2D eigenvalue weighted by molar-refractivity contribution is -0.119. The van der Waals surface area contributed by atoms with Crippen LogP contribution in [-0.2, 0) is 9.53 Å². The number of hydrogen-bond donors (Lipinski definition) is 2. The first-order valence-corrected chi connectivity index (χ1v) is 9.39. The number of hydrogen-bond acceptors (Lipinski definition) is 4. The molecule has 0 aromatic heterocycles. The van der Waals surface area contributed by atoms with Crippen molar-refractivity contribution < 1.29 is 18.7 Å². The van der Waals surface area contributed by atoms with Crippen molar-refractivity contribution in [3.63, 3.8) is 0 Å². The van der Waals surface area contributed by atoms with Gasteiger partial charge in [0.25, 0.3) is 5.91 Å². The zero-order valence-corrected chi connectivity index (χ0v) is 15.9. The number of fused-ring (bicyclic) bond motifs is 1. The summed E-state index contributed by atoms with van der Waals surface area (Å²) in [6.45, 7) is 1.02. The third kappa shape index (κ3) is 3.84. The predicted octanol–water partition coefficient (Wildman–Crippen LogP) is 2.05. The second kappa shape index (κ2) is 8.00. The quantitative estimate of drug-likeness (QED) is 0.833. The molecule has 1 fully saturated rings. The highest BCUT2D eigenvalue weighted by Gasteiger charge is 2.32. The molecule has 8 heteroatoms. The molecule has 2 N–H and O–H groups in total. The molecule has 0 bridgehead atoms. The zero-order chi connectivity index (χ0) is 20.4. The summed E-state index contributed by atoms with van der Waals surface area (Å²) in [4.78, 5) is 31.3. The smallest absolute Gasteiger partial charge is 0.317 e. The van der Waals surface area contributed by atoms with Gasteiger partial charge in [0.2, 0.25) is 6.17 Å². The molecule has 2 aliphatic rings. The van der Waals surface area contributed by atoms with Crippen LogP contribution in [0.4, 0.5) is 14.9 Å². The Kier molecular flexibility index (Phi) is 5.26. The van der Waals surface area contributed by atoms with Crippen LogP contribution in [0.25, 0.3) is 0 Å². The number of anilines is 1. The van der Waals surface area contributed by atoms with Crippen LogP contribution in [0.3, 0.4) is 0 Å². The molecule has 3 amide bonds. The van der Waals surface area contributed by atoms with Crippen LogP contribution in [0.5, 0.6) is 0 Å². The molecule has 0 saturated carbocycles. The number of nitrogens with one attached hydrogen (secondary N) is 2. The van der Waals surface area contributed by atoms with Gasteiger partial charge in [-0.2, -0.15) is 0 Å². The molecule has 150 valence electrons. The minimum Gasteiger partial charge on any atom is -0.379 e. The van der Waals surface area contributed by atoms with Crippen LogP contribution in [-0.4, -0.2) is 50.1 Å². The summed E-state index contributed by atoms with van der Waals surface area (Å²) in [6.07, 6.45) is -0.481. The van der Waals surface area contributed by atoms with Crippen LogP contribution in [0.15, 0.2) is 53.5 Å². The van der Waals surface area contributed by atoms with E-state index in [9.17, 15) is 14.0 Å². The number of aliphatic imine (C=N–C) groups is 1. The van der Waals surface area contributed by atoms with Crippen molar-refractivity contribution >= 4 is 23.3 Å². The fourth-order valence-corrected chi connectivity index (χ4v) is 3.48. The van der Waals surface area contributed by atoms with Crippen molar-refractivity contribution in [1.82, 2.24) is 10.6 Å². The van der Waals surface area contributed by atoms with Crippen molar-refractivity contribution in [1.29, 1.82) is 0 Å². The van der Waals surface area contributed by atoms with Gasteiger partial charge in [-0.15, -0.1) is 0 Å². The van der Waals surface area contributed by atoms with Crippen LogP contribution >= 0.6 is 0 Å². The lowest BCUT2D eigenvalue weighted by Crippen LogP contribution is -2.51. The number of benzodiazepines with no additional fused rings is 1. The third-order valence-electron chi connectivity index (χ3n) is 5.00. The van der Waals surface area contributed by atoms with Gasteiger partial charge in [0.05, 0.1) is 24.0 Å². The molecule has 0 aliphatic carbocycles. The number of benzene rings is 2. The Morgan fingerprint density at radius 1 is 1.14 bits per heavy atom. The molecular weight excluding hydrogens is 375 g/mol. The maximum Gasteiger partial charge on any atom is 0.317 e. The summed E-state index contributed by atoms with van der Waals surface area (Å²) >= 11 is 0. The van der Waals surface area contributed by atoms with Crippen molar-refractivity contribution in [2.24, 2.45) is 4.99 Å². The SMILES string of the molecule is CN1C(=O)C(NC(=O)NC2CCOC2)N=C(c2ccccc2F)c2ccccc21. The third-order valence-corrected chi connectivity index (χ3v) is 5.00. The van der Waals surface area contributed by atoms with E-state index < -0.39 is 23.9 Å². The molecular formula is C21H21FN4O3. The largest absolute Gasteiger partial charge is 0.379 e. The van der Waals surface area contributed by atoms with E-state index in [-0.39, 0.29) is 11.6 Å². The Labute approximate surface area is 167 Å². The highest BCUT2D eigenvalue weighted by atomic mass is 19.1. The first kappa shape index (κ1) is 19.1. The number of urea groups is 1. The van der Waals surface area contributed by atoms with Crippen LogP contribution in [0.2, 0.25) is 0 Å². The summed E-state index contributed by atoms with van der Waals surface area (Å²) in [5.41, 5.74) is 1.78. The Hall–Kier alpha value is -3.26. The number of halogens is 1. The Morgan fingerprint density at radius 2 is 1.86 bits per heavy atom. The van der Waals surface area contributed by atoms with Gasteiger partial charge < -0.3 is 20.3 Å². The molecule has 1 saturated heterocycles. The van der Waals surface area contributed by atoms with Gasteiger partial charge >= 0.3 is 6.03 Å². The van der Waals surface area contributed by atoms with E-state index in [1.165, 1.54) is 11.0 Å². The van der Waals surface area contributed by atoms with E-state index in [1.807, 2.05) is 0 Å². The molecule has 2 aromatic carbocycles. The average Bonchev–Trinajstić information content (AvgIpc) is 3.20. The van der Waals surface area contributed by atoms with Gasteiger partial charge in [-0.3, -0.25) is 4.79 Å². The van der Waals surface area contributed by atoms with Gasteiger partial charge in [-0.05, 0) is 24.6 Å². The lowest BCUT2D eigenvalue weighted by Gasteiger charge is -2.21. The maximum atomic E-state index is 14.6. The number of rotatable bonds is 3. The Bertz CT molecular complexity index is 972. The molecule has 2 aliphatic heterocycles. The van der Waals surface area contributed by atoms with Gasteiger partial charge in [0.1, 0.15) is 5.82 Å². The standard InChI is InChI=1S/C21H21FN4O3/c1-26-17-9-5-3-7-15(17)18(14-6-2-4-8-16(14)22)24-19(20(26)27)25-21(28)23-13-10-11-29-12-13/h2-9,13,19H,10-12H2,1H3,(H2,23,25,28). The number of amides is 3. The molecule has 2 unspecified atom stereocenters. The first-order chi connectivity index (χ1) is 14.0. The second-order valence-corrected chi connectivity index (χ2v) is 6.95.